The number of aryl methyl sites for hydroxylation is 1. The van der Waals surface area contributed by atoms with Crippen molar-refractivity contribution in [3.63, 3.8) is 0 Å². The molecule has 1 fully saturated rings. The number of piperazine rings is 1. The van der Waals surface area contributed by atoms with E-state index in [2.05, 4.69) is 39.6 Å². The van der Waals surface area contributed by atoms with E-state index in [0.29, 0.717) is 11.3 Å². The molecule has 0 aromatic heterocycles. The number of hydrogen-bond donors (Lipinski definition) is 2. The van der Waals surface area contributed by atoms with Gasteiger partial charge in [0.05, 0.1) is 0 Å². The molecule has 2 aromatic carbocycles. The molecule has 0 radical (unpaired) electrons. The van der Waals surface area contributed by atoms with Crippen LogP contribution in [0.25, 0.3) is 0 Å². The van der Waals surface area contributed by atoms with Gasteiger partial charge in [-0.1, -0.05) is 12.1 Å². The van der Waals surface area contributed by atoms with E-state index in [-0.39, 0.29) is 17.7 Å². The van der Waals surface area contributed by atoms with E-state index in [1.165, 1.54) is 5.56 Å². The van der Waals surface area contributed by atoms with Crippen LogP contribution in [-0.4, -0.2) is 60.7 Å². The van der Waals surface area contributed by atoms with Gasteiger partial charge in [0.1, 0.15) is 5.88 Å². The van der Waals surface area contributed by atoms with Gasteiger partial charge in [-0.25, -0.2) is 0 Å². The summed E-state index contributed by atoms with van der Waals surface area (Å²) in [5.74, 6) is -0.564. The average Bonchev–Trinajstić information content (AvgIpc) is 2.72. The number of carbonyl (C=O) groups is 2. The Balaban J connectivity index is 1.57. The maximum atomic E-state index is 12.6. The molecular weight excluding hydrogens is 388 g/mol. The SMILES string of the molecule is Cc1cc(C(=O)Nc2ccc(CN3CCN(C)CC3)cc2)ccc1NC(=O)CCl. The Labute approximate surface area is 176 Å². The van der Waals surface area contributed by atoms with E-state index in [1.807, 2.05) is 19.1 Å². The van der Waals surface area contributed by atoms with Crippen LogP contribution < -0.4 is 10.6 Å². The highest BCUT2D eigenvalue weighted by molar-refractivity contribution is 6.29. The average molecular weight is 415 g/mol. The number of carbonyl (C=O) groups excluding carboxylic acids is 2. The minimum Gasteiger partial charge on any atom is -0.325 e. The Morgan fingerprint density at radius 3 is 2.31 bits per heavy atom. The standard InChI is InChI=1S/C22H27ClN4O2/c1-16-13-18(5-8-20(16)25-21(28)14-23)22(29)24-19-6-3-17(4-7-19)15-27-11-9-26(2)10-12-27/h3-8,13H,9-12,14-15H2,1-2H3,(H,24,29)(H,25,28). The third-order valence-corrected chi connectivity index (χ3v) is 5.34. The van der Waals surface area contributed by atoms with Crippen LogP contribution >= 0.6 is 11.6 Å². The molecular formula is C22H27ClN4O2. The second-order valence-electron chi connectivity index (χ2n) is 7.44. The number of halogens is 1. The second kappa shape index (κ2) is 9.87. The van der Waals surface area contributed by atoms with Crippen LogP contribution in [0.5, 0.6) is 0 Å². The summed E-state index contributed by atoms with van der Waals surface area (Å²) in [6, 6.07) is 13.1. The molecule has 1 heterocycles. The predicted molar refractivity (Wildman–Crippen MR) is 118 cm³/mol. The maximum absolute atomic E-state index is 12.6. The Kier molecular flexibility index (Phi) is 7.25. The topological polar surface area (TPSA) is 64.7 Å². The number of anilines is 2. The molecule has 0 bridgehead atoms. The van der Waals surface area contributed by atoms with Crippen molar-refractivity contribution in [1.82, 2.24) is 9.80 Å². The van der Waals surface area contributed by atoms with Crippen molar-refractivity contribution in [2.75, 3.05) is 49.7 Å². The molecule has 6 nitrogen and oxygen atoms in total. The highest BCUT2D eigenvalue weighted by Crippen LogP contribution is 2.19. The highest BCUT2D eigenvalue weighted by Gasteiger charge is 2.14. The van der Waals surface area contributed by atoms with Crippen molar-refractivity contribution in [2.24, 2.45) is 0 Å². The Morgan fingerprint density at radius 1 is 1.00 bits per heavy atom. The molecule has 0 spiro atoms. The van der Waals surface area contributed by atoms with Crippen molar-refractivity contribution in [2.45, 2.75) is 13.5 Å². The minimum atomic E-state index is -0.274. The molecule has 2 amide bonds. The van der Waals surface area contributed by atoms with Gasteiger partial charge in [-0.3, -0.25) is 14.5 Å². The minimum absolute atomic E-state index is 0.105. The van der Waals surface area contributed by atoms with Gasteiger partial charge in [-0.2, -0.15) is 0 Å². The monoisotopic (exact) mass is 414 g/mol. The highest BCUT2D eigenvalue weighted by atomic mass is 35.5. The Morgan fingerprint density at radius 2 is 1.69 bits per heavy atom. The van der Waals surface area contributed by atoms with Gasteiger partial charge >= 0.3 is 0 Å². The smallest absolute Gasteiger partial charge is 0.255 e. The molecule has 154 valence electrons. The second-order valence-corrected chi connectivity index (χ2v) is 7.71. The zero-order valence-corrected chi connectivity index (χ0v) is 17.6. The first-order valence-electron chi connectivity index (χ1n) is 9.72. The fraction of sp³-hybridized carbons (Fsp3) is 0.364. The molecule has 2 aromatic rings. The molecule has 29 heavy (non-hydrogen) atoms. The molecule has 7 heteroatoms. The third kappa shape index (κ3) is 6.03. The molecule has 3 rings (SSSR count). The Hall–Kier alpha value is -2.41. The molecule has 1 saturated heterocycles. The number of rotatable bonds is 6. The lowest BCUT2D eigenvalue weighted by Gasteiger charge is -2.32. The van der Waals surface area contributed by atoms with Gasteiger partial charge in [-0.15, -0.1) is 11.6 Å². The van der Waals surface area contributed by atoms with Crippen molar-refractivity contribution >= 4 is 34.8 Å². The number of amides is 2. The summed E-state index contributed by atoms with van der Waals surface area (Å²) in [7, 11) is 2.15. The molecule has 0 saturated carbocycles. The van der Waals surface area contributed by atoms with E-state index in [0.717, 1.165) is 44.0 Å². The van der Waals surface area contributed by atoms with Gasteiger partial charge in [0.25, 0.3) is 5.91 Å². The van der Waals surface area contributed by atoms with E-state index in [1.54, 1.807) is 18.2 Å². The molecule has 0 aliphatic carbocycles. The van der Waals surface area contributed by atoms with Crippen LogP contribution in [0.2, 0.25) is 0 Å². The van der Waals surface area contributed by atoms with Crippen molar-refractivity contribution < 1.29 is 9.59 Å². The zero-order chi connectivity index (χ0) is 20.8. The number of nitrogens with zero attached hydrogens (tertiary/aromatic N) is 2. The fourth-order valence-corrected chi connectivity index (χ4v) is 3.36. The van der Waals surface area contributed by atoms with Crippen LogP contribution in [0, 0.1) is 6.92 Å². The number of likely N-dealkylation sites (N-methyl/N-ethyl adjacent to an activating group) is 1. The molecule has 2 N–H and O–H groups in total. The first kappa shape index (κ1) is 21.3. The van der Waals surface area contributed by atoms with Crippen LogP contribution in [0.4, 0.5) is 11.4 Å². The summed E-state index contributed by atoms with van der Waals surface area (Å²) in [6.45, 7) is 7.12. The number of benzene rings is 2. The first-order valence-corrected chi connectivity index (χ1v) is 10.3. The van der Waals surface area contributed by atoms with Crippen molar-refractivity contribution in [3.05, 3.63) is 59.2 Å². The molecule has 0 atom stereocenters. The lowest BCUT2D eigenvalue weighted by atomic mass is 10.1. The van der Waals surface area contributed by atoms with Gasteiger partial charge < -0.3 is 15.5 Å². The summed E-state index contributed by atoms with van der Waals surface area (Å²) in [4.78, 5) is 28.8. The van der Waals surface area contributed by atoms with Crippen molar-refractivity contribution in [3.8, 4) is 0 Å². The number of alkyl halides is 1. The summed E-state index contributed by atoms with van der Waals surface area (Å²) in [5, 5.41) is 5.63. The fourth-order valence-electron chi connectivity index (χ4n) is 3.29. The van der Waals surface area contributed by atoms with E-state index in [9.17, 15) is 9.59 Å². The van der Waals surface area contributed by atoms with Gasteiger partial charge in [-0.05, 0) is 55.4 Å². The number of hydrogen-bond acceptors (Lipinski definition) is 4. The van der Waals surface area contributed by atoms with Crippen molar-refractivity contribution in [1.29, 1.82) is 0 Å². The largest absolute Gasteiger partial charge is 0.325 e. The lowest BCUT2D eigenvalue weighted by Crippen LogP contribution is -2.43. The van der Waals surface area contributed by atoms with Gasteiger partial charge in [0.2, 0.25) is 5.91 Å². The number of nitrogens with one attached hydrogen (secondary N) is 2. The van der Waals surface area contributed by atoms with Crippen LogP contribution in [0.1, 0.15) is 21.5 Å². The van der Waals surface area contributed by atoms with Crippen LogP contribution in [0.3, 0.4) is 0 Å². The van der Waals surface area contributed by atoms with Crippen LogP contribution in [-0.2, 0) is 11.3 Å². The zero-order valence-electron chi connectivity index (χ0n) is 16.9. The van der Waals surface area contributed by atoms with E-state index >= 15 is 0 Å². The van der Waals surface area contributed by atoms with E-state index < -0.39 is 0 Å². The molecule has 0 unspecified atom stereocenters. The quantitative estimate of drug-likeness (QED) is 0.712. The summed E-state index contributed by atoms with van der Waals surface area (Å²) < 4.78 is 0. The lowest BCUT2D eigenvalue weighted by molar-refractivity contribution is -0.113. The third-order valence-electron chi connectivity index (χ3n) is 5.10. The first-order chi connectivity index (χ1) is 13.9. The summed E-state index contributed by atoms with van der Waals surface area (Å²) >= 11 is 5.52. The van der Waals surface area contributed by atoms with Gasteiger partial charge in [0, 0.05) is 49.7 Å². The summed E-state index contributed by atoms with van der Waals surface area (Å²) in [6.07, 6.45) is 0. The predicted octanol–water partition coefficient (Wildman–Crippen LogP) is 3.17. The maximum Gasteiger partial charge on any atom is 0.255 e. The molecule has 1 aliphatic rings. The summed E-state index contributed by atoms with van der Waals surface area (Å²) in [5.41, 5.74) is 3.99. The normalized spacial score (nSPS) is 15.1. The Bertz CT molecular complexity index is 862. The van der Waals surface area contributed by atoms with Crippen LogP contribution in [0.15, 0.2) is 42.5 Å². The molecule has 1 aliphatic heterocycles. The van der Waals surface area contributed by atoms with Gasteiger partial charge in [0.15, 0.2) is 0 Å². The van der Waals surface area contributed by atoms with E-state index in [4.69, 9.17) is 11.6 Å².